The monoisotopic (exact) mass is 251 g/mol. The number of nitrogen functional groups attached to an aromatic ring is 1. The highest BCUT2D eigenvalue weighted by atomic mass is 16.5. The minimum Gasteiger partial charge on any atom is -0.397 e. The summed E-state index contributed by atoms with van der Waals surface area (Å²) >= 11 is 0. The zero-order valence-electron chi connectivity index (χ0n) is 10.8. The normalized spacial score (nSPS) is 19.7. The van der Waals surface area contributed by atoms with Gasteiger partial charge < -0.3 is 20.4 Å². The van der Waals surface area contributed by atoms with E-state index in [9.17, 15) is 4.79 Å². The van der Waals surface area contributed by atoms with Crippen LogP contribution in [0.15, 0.2) is 12.3 Å². The van der Waals surface area contributed by atoms with Gasteiger partial charge in [-0.3, -0.25) is 4.79 Å². The third-order valence-electron chi connectivity index (χ3n) is 3.11. The Hall–Kier alpha value is -1.49. The lowest BCUT2D eigenvalue weighted by atomic mass is 10.1. The van der Waals surface area contributed by atoms with E-state index >= 15 is 0 Å². The minimum atomic E-state index is -0.0596. The first kappa shape index (κ1) is 13.0. The number of aryl methyl sites for hydroxylation is 1. The molecule has 1 amide bonds. The Bertz CT molecular complexity index is 408. The van der Waals surface area contributed by atoms with E-state index in [1.165, 1.54) is 0 Å². The number of ether oxygens (including phenoxy) is 1. The van der Waals surface area contributed by atoms with Crippen molar-refractivity contribution >= 4 is 11.6 Å². The molecule has 0 saturated carbocycles. The number of carbonyl (C=O) groups excluding carboxylic acids is 1. The number of aromatic nitrogens is 1. The van der Waals surface area contributed by atoms with Crippen molar-refractivity contribution in [2.24, 2.45) is 0 Å². The predicted octanol–water partition coefficient (Wildman–Crippen LogP) is 1.39. The average Bonchev–Trinajstić information content (AvgIpc) is 2.72. The SMILES string of the molecule is CCCn1cc(N)cc1C(=O)NC1CCCOC1. The molecule has 5 nitrogen and oxygen atoms in total. The largest absolute Gasteiger partial charge is 0.397 e. The number of amides is 1. The Morgan fingerprint density at radius 2 is 2.50 bits per heavy atom. The minimum absolute atomic E-state index is 0.0596. The van der Waals surface area contributed by atoms with Gasteiger partial charge in [-0.05, 0) is 25.3 Å². The Kier molecular flexibility index (Phi) is 4.25. The summed E-state index contributed by atoms with van der Waals surface area (Å²) in [6.45, 7) is 4.29. The molecule has 2 heterocycles. The second kappa shape index (κ2) is 5.91. The number of hydrogen-bond acceptors (Lipinski definition) is 3. The number of carbonyl (C=O) groups is 1. The van der Waals surface area contributed by atoms with E-state index in [2.05, 4.69) is 12.2 Å². The third-order valence-corrected chi connectivity index (χ3v) is 3.11. The maximum absolute atomic E-state index is 12.2. The van der Waals surface area contributed by atoms with E-state index in [-0.39, 0.29) is 11.9 Å². The van der Waals surface area contributed by atoms with Crippen LogP contribution >= 0.6 is 0 Å². The van der Waals surface area contributed by atoms with E-state index in [0.717, 1.165) is 32.4 Å². The van der Waals surface area contributed by atoms with Gasteiger partial charge in [0.2, 0.25) is 0 Å². The highest BCUT2D eigenvalue weighted by molar-refractivity contribution is 5.94. The lowest BCUT2D eigenvalue weighted by molar-refractivity contribution is 0.0620. The highest BCUT2D eigenvalue weighted by Crippen LogP contribution is 2.13. The number of anilines is 1. The lowest BCUT2D eigenvalue weighted by Gasteiger charge is -2.23. The van der Waals surface area contributed by atoms with Gasteiger partial charge in [-0.25, -0.2) is 0 Å². The van der Waals surface area contributed by atoms with Crippen molar-refractivity contribution in [1.29, 1.82) is 0 Å². The van der Waals surface area contributed by atoms with Crippen LogP contribution in [0.2, 0.25) is 0 Å². The molecule has 0 spiro atoms. The van der Waals surface area contributed by atoms with Crippen LogP contribution in [0.25, 0.3) is 0 Å². The Labute approximate surface area is 107 Å². The fraction of sp³-hybridized carbons (Fsp3) is 0.615. The maximum atomic E-state index is 12.2. The predicted molar refractivity (Wildman–Crippen MR) is 70.4 cm³/mol. The first-order chi connectivity index (χ1) is 8.70. The summed E-state index contributed by atoms with van der Waals surface area (Å²) in [6, 6.07) is 1.85. The Balaban J connectivity index is 2.03. The van der Waals surface area contributed by atoms with Gasteiger partial charge in [0.25, 0.3) is 5.91 Å². The molecule has 1 atom stereocenters. The van der Waals surface area contributed by atoms with E-state index in [4.69, 9.17) is 10.5 Å². The topological polar surface area (TPSA) is 69.3 Å². The molecule has 1 saturated heterocycles. The number of rotatable bonds is 4. The summed E-state index contributed by atoms with van der Waals surface area (Å²) in [6.07, 6.45) is 4.77. The molecule has 0 aliphatic carbocycles. The molecule has 3 N–H and O–H groups in total. The van der Waals surface area contributed by atoms with Crippen LogP contribution in [-0.2, 0) is 11.3 Å². The van der Waals surface area contributed by atoms with Gasteiger partial charge in [0.1, 0.15) is 5.69 Å². The summed E-state index contributed by atoms with van der Waals surface area (Å²) in [5.41, 5.74) is 7.03. The summed E-state index contributed by atoms with van der Waals surface area (Å²) < 4.78 is 7.27. The molecule has 1 fully saturated rings. The molecule has 1 aromatic heterocycles. The first-order valence-corrected chi connectivity index (χ1v) is 6.55. The van der Waals surface area contributed by atoms with Crippen molar-refractivity contribution in [3.05, 3.63) is 18.0 Å². The number of nitrogens with one attached hydrogen (secondary N) is 1. The molecule has 100 valence electrons. The molecule has 0 radical (unpaired) electrons. The van der Waals surface area contributed by atoms with E-state index < -0.39 is 0 Å². The van der Waals surface area contributed by atoms with Crippen molar-refractivity contribution in [3.8, 4) is 0 Å². The van der Waals surface area contributed by atoms with Gasteiger partial charge in [0.05, 0.1) is 18.3 Å². The summed E-state index contributed by atoms with van der Waals surface area (Å²) in [7, 11) is 0. The first-order valence-electron chi connectivity index (χ1n) is 6.55. The van der Waals surface area contributed by atoms with E-state index in [1.807, 2.05) is 10.8 Å². The second-order valence-corrected chi connectivity index (χ2v) is 4.74. The van der Waals surface area contributed by atoms with Gasteiger partial charge in [-0.2, -0.15) is 0 Å². The fourth-order valence-corrected chi connectivity index (χ4v) is 2.26. The molecule has 1 aromatic rings. The molecule has 5 heteroatoms. The van der Waals surface area contributed by atoms with Crippen LogP contribution in [-0.4, -0.2) is 29.7 Å². The fourth-order valence-electron chi connectivity index (χ4n) is 2.26. The zero-order valence-corrected chi connectivity index (χ0v) is 10.8. The van der Waals surface area contributed by atoms with E-state index in [1.54, 1.807) is 6.07 Å². The smallest absolute Gasteiger partial charge is 0.268 e. The van der Waals surface area contributed by atoms with E-state index in [0.29, 0.717) is 18.0 Å². The van der Waals surface area contributed by atoms with Gasteiger partial charge >= 0.3 is 0 Å². The van der Waals surface area contributed by atoms with Crippen molar-refractivity contribution in [1.82, 2.24) is 9.88 Å². The van der Waals surface area contributed by atoms with Crippen LogP contribution in [0.4, 0.5) is 5.69 Å². The third kappa shape index (κ3) is 3.04. The molecule has 0 aromatic carbocycles. The highest BCUT2D eigenvalue weighted by Gasteiger charge is 2.19. The van der Waals surface area contributed by atoms with Crippen LogP contribution < -0.4 is 11.1 Å². The molecular formula is C13H21N3O2. The molecule has 1 aliphatic rings. The van der Waals surface area contributed by atoms with Gasteiger partial charge in [-0.1, -0.05) is 6.92 Å². The van der Waals surface area contributed by atoms with Crippen molar-refractivity contribution in [2.45, 2.75) is 38.8 Å². The molecule has 2 rings (SSSR count). The van der Waals surface area contributed by atoms with Crippen molar-refractivity contribution in [2.75, 3.05) is 18.9 Å². The molecule has 18 heavy (non-hydrogen) atoms. The van der Waals surface area contributed by atoms with Crippen LogP contribution in [0.3, 0.4) is 0 Å². The summed E-state index contributed by atoms with van der Waals surface area (Å²) in [4.78, 5) is 12.2. The standard InChI is InChI=1S/C13H21N3O2/c1-2-5-16-8-10(14)7-12(16)13(17)15-11-4-3-6-18-9-11/h7-8,11H,2-6,9,14H2,1H3,(H,15,17). The van der Waals surface area contributed by atoms with Gasteiger partial charge in [0.15, 0.2) is 0 Å². The summed E-state index contributed by atoms with van der Waals surface area (Å²) in [5, 5.41) is 3.01. The molecular weight excluding hydrogens is 230 g/mol. The molecule has 1 unspecified atom stereocenters. The van der Waals surface area contributed by atoms with Crippen LogP contribution in [0.1, 0.15) is 36.7 Å². The average molecular weight is 251 g/mol. The van der Waals surface area contributed by atoms with Crippen LogP contribution in [0.5, 0.6) is 0 Å². The second-order valence-electron chi connectivity index (χ2n) is 4.74. The zero-order chi connectivity index (χ0) is 13.0. The Morgan fingerprint density at radius 3 is 3.17 bits per heavy atom. The number of nitrogens with two attached hydrogens (primary N) is 1. The van der Waals surface area contributed by atoms with Crippen molar-refractivity contribution in [3.63, 3.8) is 0 Å². The van der Waals surface area contributed by atoms with Crippen molar-refractivity contribution < 1.29 is 9.53 Å². The number of nitrogens with zero attached hydrogens (tertiary/aromatic N) is 1. The van der Waals surface area contributed by atoms with Gasteiger partial charge in [-0.15, -0.1) is 0 Å². The quantitative estimate of drug-likeness (QED) is 0.849. The maximum Gasteiger partial charge on any atom is 0.268 e. The lowest BCUT2D eigenvalue weighted by Crippen LogP contribution is -2.41. The molecule has 1 aliphatic heterocycles. The Morgan fingerprint density at radius 1 is 1.67 bits per heavy atom. The molecule has 0 bridgehead atoms. The van der Waals surface area contributed by atoms with Crippen LogP contribution in [0, 0.1) is 0 Å². The van der Waals surface area contributed by atoms with Gasteiger partial charge in [0, 0.05) is 19.3 Å². The summed E-state index contributed by atoms with van der Waals surface area (Å²) in [5.74, 6) is -0.0596. The number of hydrogen-bond donors (Lipinski definition) is 2.